The van der Waals surface area contributed by atoms with Crippen molar-refractivity contribution in [2.24, 2.45) is 7.05 Å². The van der Waals surface area contributed by atoms with Crippen molar-refractivity contribution < 1.29 is 4.79 Å². The van der Waals surface area contributed by atoms with Crippen LogP contribution in [0.15, 0.2) is 0 Å². The number of anilines is 1. The molecular weight excluding hydrogens is 250 g/mol. The van der Waals surface area contributed by atoms with Crippen molar-refractivity contribution in [2.45, 2.75) is 25.8 Å². The summed E-state index contributed by atoms with van der Waals surface area (Å²) < 4.78 is 2.85. The minimum atomic E-state index is -0.160. The number of nitrogens with zero attached hydrogens (tertiary/aromatic N) is 3. The lowest BCUT2D eigenvalue weighted by Crippen LogP contribution is -2.44. The summed E-state index contributed by atoms with van der Waals surface area (Å²) in [5.74, 6) is 0.0651. The van der Waals surface area contributed by atoms with Gasteiger partial charge in [-0.15, -0.1) is 0 Å². The minimum absolute atomic E-state index is 0.0651. The fourth-order valence-corrected chi connectivity index (χ4v) is 3.19. The molecule has 0 radical (unpaired) electrons. The molecule has 2 N–H and O–H groups in total. The summed E-state index contributed by atoms with van der Waals surface area (Å²) in [6.07, 6.45) is 1.87. The quantitative estimate of drug-likeness (QED) is 0.850. The van der Waals surface area contributed by atoms with E-state index in [2.05, 4.69) is 20.7 Å². The van der Waals surface area contributed by atoms with Gasteiger partial charge in [0.2, 0.25) is 5.91 Å². The van der Waals surface area contributed by atoms with E-state index in [1.165, 1.54) is 0 Å². The molecule has 1 saturated heterocycles. The summed E-state index contributed by atoms with van der Waals surface area (Å²) >= 11 is 1.55. The molecule has 18 heavy (non-hydrogen) atoms. The first kappa shape index (κ1) is 11.5. The summed E-state index contributed by atoms with van der Waals surface area (Å²) in [6.45, 7) is 2.75. The van der Waals surface area contributed by atoms with Crippen LogP contribution in [-0.4, -0.2) is 33.3 Å². The molecule has 1 aliphatic rings. The molecule has 0 saturated carbocycles. The van der Waals surface area contributed by atoms with Gasteiger partial charge in [0.25, 0.3) is 0 Å². The molecule has 7 heteroatoms. The van der Waals surface area contributed by atoms with Crippen LogP contribution in [0.5, 0.6) is 0 Å². The highest BCUT2D eigenvalue weighted by atomic mass is 32.1. The van der Waals surface area contributed by atoms with Crippen LogP contribution < -0.4 is 10.6 Å². The molecule has 1 aliphatic heterocycles. The second kappa shape index (κ2) is 4.24. The lowest BCUT2D eigenvalue weighted by molar-refractivity contribution is -0.123. The number of carbonyl (C=O) groups excluding carboxylic acids is 1. The Morgan fingerprint density at radius 2 is 2.39 bits per heavy atom. The zero-order valence-electron chi connectivity index (χ0n) is 10.4. The average molecular weight is 265 g/mol. The van der Waals surface area contributed by atoms with Crippen molar-refractivity contribution in [2.75, 3.05) is 11.9 Å². The minimum Gasteiger partial charge on any atom is -0.354 e. The third kappa shape index (κ3) is 1.84. The van der Waals surface area contributed by atoms with Gasteiger partial charge in [0.1, 0.15) is 6.04 Å². The van der Waals surface area contributed by atoms with E-state index < -0.39 is 0 Å². The second-order valence-corrected chi connectivity index (χ2v) is 5.51. The van der Waals surface area contributed by atoms with E-state index in [0.717, 1.165) is 40.6 Å². The van der Waals surface area contributed by atoms with Crippen LogP contribution in [0, 0.1) is 6.92 Å². The van der Waals surface area contributed by atoms with Crippen LogP contribution in [0.3, 0.4) is 0 Å². The zero-order chi connectivity index (χ0) is 12.7. The molecule has 0 bridgehead atoms. The highest BCUT2D eigenvalue weighted by Crippen LogP contribution is 2.29. The molecule has 0 aliphatic carbocycles. The number of thiazole rings is 1. The van der Waals surface area contributed by atoms with Crippen LogP contribution in [0.1, 0.15) is 18.5 Å². The van der Waals surface area contributed by atoms with E-state index in [1.54, 1.807) is 16.0 Å². The molecule has 1 unspecified atom stereocenters. The number of hydrogen-bond donors (Lipinski definition) is 2. The molecule has 1 fully saturated rings. The zero-order valence-corrected chi connectivity index (χ0v) is 11.2. The van der Waals surface area contributed by atoms with E-state index in [-0.39, 0.29) is 11.9 Å². The van der Waals surface area contributed by atoms with Gasteiger partial charge in [-0.3, -0.25) is 4.79 Å². The fraction of sp³-hybridized carbons (Fsp3) is 0.545. The molecule has 96 valence electrons. The molecule has 3 rings (SSSR count). The monoisotopic (exact) mass is 265 g/mol. The van der Waals surface area contributed by atoms with Gasteiger partial charge in [-0.2, -0.15) is 5.10 Å². The Morgan fingerprint density at radius 1 is 1.56 bits per heavy atom. The van der Waals surface area contributed by atoms with Crippen molar-refractivity contribution in [1.82, 2.24) is 20.1 Å². The summed E-state index contributed by atoms with van der Waals surface area (Å²) in [6, 6.07) is -0.160. The predicted molar refractivity (Wildman–Crippen MR) is 70.8 cm³/mol. The maximum absolute atomic E-state index is 11.7. The molecule has 6 nitrogen and oxygen atoms in total. The first-order valence-corrected chi connectivity index (χ1v) is 6.81. The molecule has 3 heterocycles. The Balaban J connectivity index is 1.86. The topological polar surface area (TPSA) is 71.8 Å². The van der Waals surface area contributed by atoms with Crippen LogP contribution in [0.25, 0.3) is 10.3 Å². The van der Waals surface area contributed by atoms with Crippen LogP contribution in [0.2, 0.25) is 0 Å². The SMILES string of the molecule is Cc1nn(C)c2nc(NC3CCCNC3=O)sc12. The largest absolute Gasteiger partial charge is 0.354 e. The standard InChI is InChI=1S/C11H15N5OS/c1-6-8-9(16(2)15-6)14-11(18-8)13-7-4-3-5-12-10(7)17/h7H,3-5H2,1-2H3,(H,12,17)(H,13,14). The number of amides is 1. The van der Waals surface area contributed by atoms with Crippen LogP contribution in [-0.2, 0) is 11.8 Å². The highest BCUT2D eigenvalue weighted by Gasteiger charge is 2.23. The Hall–Kier alpha value is -1.63. The third-order valence-electron chi connectivity index (χ3n) is 3.13. The van der Waals surface area contributed by atoms with Crippen molar-refractivity contribution in [3.8, 4) is 0 Å². The van der Waals surface area contributed by atoms with E-state index in [9.17, 15) is 4.79 Å². The van der Waals surface area contributed by atoms with Gasteiger partial charge in [0, 0.05) is 13.6 Å². The van der Waals surface area contributed by atoms with Gasteiger partial charge in [-0.05, 0) is 19.8 Å². The van der Waals surface area contributed by atoms with E-state index in [4.69, 9.17) is 0 Å². The first-order chi connectivity index (χ1) is 8.65. The fourth-order valence-electron chi connectivity index (χ4n) is 2.21. The summed E-state index contributed by atoms with van der Waals surface area (Å²) in [4.78, 5) is 16.2. The van der Waals surface area contributed by atoms with Crippen molar-refractivity contribution >= 4 is 32.7 Å². The van der Waals surface area contributed by atoms with Gasteiger partial charge in [-0.25, -0.2) is 9.67 Å². The number of rotatable bonds is 2. The highest BCUT2D eigenvalue weighted by molar-refractivity contribution is 7.22. The molecular formula is C11H15N5OS. The van der Waals surface area contributed by atoms with Gasteiger partial charge < -0.3 is 10.6 Å². The maximum atomic E-state index is 11.7. The van der Waals surface area contributed by atoms with Crippen LogP contribution in [0.4, 0.5) is 5.13 Å². The predicted octanol–water partition coefficient (Wildman–Crippen LogP) is 1.03. The van der Waals surface area contributed by atoms with Gasteiger partial charge in [-0.1, -0.05) is 11.3 Å². The number of aryl methyl sites for hydroxylation is 2. The Labute approximate surface area is 108 Å². The molecule has 2 aromatic rings. The van der Waals surface area contributed by atoms with E-state index in [0.29, 0.717) is 0 Å². The van der Waals surface area contributed by atoms with E-state index in [1.807, 2.05) is 14.0 Å². The van der Waals surface area contributed by atoms with Crippen molar-refractivity contribution in [3.63, 3.8) is 0 Å². The maximum Gasteiger partial charge on any atom is 0.242 e. The summed E-state index contributed by atoms with van der Waals surface area (Å²) in [5.41, 5.74) is 1.85. The van der Waals surface area contributed by atoms with Gasteiger partial charge >= 0.3 is 0 Å². The van der Waals surface area contributed by atoms with Crippen LogP contribution >= 0.6 is 11.3 Å². The van der Waals surface area contributed by atoms with Gasteiger partial charge in [0.15, 0.2) is 10.8 Å². The molecule has 0 aromatic carbocycles. The average Bonchev–Trinajstić information content (AvgIpc) is 2.85. The number of aromatic nitrogens is 3. The second-order valence-electron chi connectivity index (χ2n) is 4.51. The third-order valence-corrected chi connectivity index (χ3v) is 4.21. The van der Waals surface area contributed by atoms with Crippen molar-refractivity contribution in [3.05, 3.63) is 5.69 Å². The normalized spacial score (nSPS) is 20.1. The number of nitrogens with one attached hydrogen (secondary N) is 2. The Bertz CT molecular complexity index is 567. The Kier molecular flexibility index (Phi) is 2.70. The molecule has 2 aromatic heterocycles. The van der Waals surface area contributed by atoms with Gasteiger partial charge in [0.05, 0.1) is 10.4 Å². The number of piperidine rings is 1. The molecule has 1 atom stereocenters. The first-order valence-electron chi connectivity index (χ1n) is 5.99. The summed E-state index contributed by atoms with van der Waals surface area (Å²) in [7, 11) is 1.88. The smallest absolute Gasteiger partial charge is 0.242 e. The lowest BCUT2D eigenvalue weighted by Gasteiger charge is -2.22. The lowest BCUT2D eigenvalue weighted by atomic mass is 10.1. The van der Waals surface area contributed by atoms with E-state index >= 15 is 0 Å². The Morgan fingerprint density at radius 3 is 3.11 bits per heavy atom. The summed E-state index contributed by atoms with van der Waals surface area (Å²) in [5, 5.41) is 11.2. The molecule has 0 spiro atoms. The number of carbonyl (C=O) groups is 1. The van der Waals surface area contributed by atoms with Crippen molar-refractivity contribution in [1.29, 1.82) is 0 Å². The molecule has 1 amide bonds. The number of fused-ring (bicyclic) bond motifs is 1. The number of hydrogen-bond acceptors (Lipinski definition) is 5.